The minimum atomic E-state index is -1.30. The first kappa shape index (κ1) is 12.0. The minimum absolute atomic E-state index is 0.106. The van der Waals surface area contributed by atoms with Crippen LogP contribution in [0.2, 0.25) is 0 Å². The quantitative estimate of drug-likeness (QED) is 0.704. The van der Waals surface area contributed by atoms with Crippen LogP contribution in [-0.2, 0) is 4.79 Å². The highest BCUT2D eigenvalue weighted by Gasteiger charge is 2.08. The summed E-state index contributed by atoms with van der Waals surface area (Å²) < 4.78 is 25.5. The maximum atomic E-state index is 12.8. The predicted molar refractivity (Wildman–Crippen MR) is 53.6 cm³/mol. The Labute approximate surface area is 91.1 Å². The number of phenolic OH excluding ortho intramolecular Hbond substituents is 1. The number of benzene rings is 1. The molecule has 0 aliphatic heterocycles. The number of nitrogens with one attached hydrogen (secondary N) is 1. The van der Waals surface area contributed by atoms with E-state index in [1.54, 1.807) is 0 Å². The van der Waals surface area contributed by atoms with Crippen molar-refractivity contribution in [2.75, 3.05) is 6.54 Å². The lowest BCUT2D eigenvalue weighted by Crippen LogP contribution is -2.19. The second-order valence-corrected chi connectivity index (χ2v) is 3.00. The van der Waals surface area contributed by atoms with E-state index in [1.807, 2.05) is 0 Å². The molecule has 2 N–H and O–H groups in total. The van der Waals surface area contributed by atoms with Gasteiger partial charge in [0.2, 0.25) is 5.91 Å². The first-order valence-electron chi connectivity index (χ1n) is 4.42. The average molecular weight is 225 g/mol. The maximum Gasteiger partial charge on any atom is 0.217 e. The molecule has 1 amide bonds. The van der Waals surface area contributed by atoms with Crippen LogP contribution in [0.4, 0.5) is 8.78 Å². The van der Waals surface area contributed by atoms with Gasteiger partial charge in [0, 0.05) is 12.5 Å². The Kier molecular flexibility index (Phi) is 3.84. The number of hydrogen-bond acceptors (Lipinski definition) is 2. The van der Waals surface area contributed by atoms with Crippen LogP contribution in [0.15, 0.2) is 12.1 Å². The number of carbonyl (C=O) groups is 1. The summed E-state index contributed by atoms with van der Waals surface area (Å²) in [7, 11) is 0. The van der Waals surface area contributed by atoms with Crippen LogP contribution in [0.25, 0.3) is 0 Å². The molecular weight excluding hydrogens is 216 g/mol. The molecule has 0 radical (unpaired) electrons. The molecule has 84 valence electrons. The summed E-state index contributed by atoms with van der Waals surface area (Å²) in [5.41, 5.74) is 0.141. The van der Waals surface area contributed by atoms with Crippen LogP contribution >= 0.6 is 0 Å². The van der Waals surface area contributed by atoms with Gasteiger partial charge in [0.1, 0.15) is 0 Å². The van der Waals surface area contributed by atoms with E-state index in [2.05, 4.69) is 17.2 Å². The first-order valence-corrected chi connectivity index (χ1v) is 4.42. The highest BCUT2D eigenvalue weighted by Crippen LogP contribution is 2.19. The summed E-state index contributed by atoms with van der Waals surface area (Å²) >= 11 is 0. The van der Waals surface area contributed by atoms with Crippen LogP contribution in [0.1, 0.15) is 12.5 Å². The minimum Gasteiger partial charge on any atom is -0.505 e. The first-order chi connectivity index (χ1) is 7.50. The SMILES string of the molecule is CC(=O)NCC#Cc1cc(O)c(F)c(F)c1. The van der Waals surface area contributed by atoms with E-state index in [4.69, 9.17) is 5.11 Å². The van der Waals surface area contributed by atoms with Gasteiger partial charge < -0.3 is 10.4 Å². The van der Waals surface area contributed by atoms with Crippen LogP contribution in [0, 0.1) is 23.5 Å². The van der Waals surface area contributed by atoms with Crippen molar-refractivity contribution in [3.8, 4) is 17.6 Å². The molecule has 0 aromatic heterocycles. The molecule has 5 heteroatoms. The molecule has 1 aromatic carbocycles. The van der Waals surface area contributed by atoms with Gasteiger partial charge in [-0.3, -0.25) is 4.79 Å². The molecule has 0 fully saturated rings. The summed E-state index contributed by atoms with van der Waals surface area (Å²) in [6.07, 6.45) is 0. The van der Waals surface area contributed by atoms with Crippen molar-refractivity contribution >= 4 is 5.91 Å². The van der Waals surface area contributed by atoms with Gasteiger partial charge in [0.25, 0.3) is 0 Å². The van der Waals surface area contributed by atoms with E-state index < -0.39 is 17.4 Å². The summed E-state index contributed by atoms with van der Waals surface area (Å²) in [6, 6.07) is 1.88. The monoisotopic (exact) mass is 225 g/mol. The smallest absolute Gasteiger partial charge is 0.217 e. The molecular formula is C11H9F2NO2. The van der Waals surface area contributed by atoms with Gasteiger partial charge >= 0.3 is 0 Å². The van der Waals surface area contributed by atoms with Gasteiger partial charge in [0.15, 0.2) is 17.4 Å². The Morgan fingerprint density at radius 3 is 2.75 bits per heavy atom. The summed E-state index contributed by atoms with van der Waals surface area (Å²) in [6.45, 7) is 1.44. The molecule has 0 bridgehead atoms. The van der Waals surface area contributed by atoms with Crippen molar-refractivity contribution in [1.82, 2.24) is 5.32 Å². The van der Waals surface area contributed by atoms with E-state index in [0.717, 1.165) is 12.1 Å². The molecule has 0 saturated heterocycles. The fraction of sp³-hybridized carbons (Fsp3) is 0.182. The highest BCUT2D eigenvalue weighted by atomic mass is 19.2. The second-order valence-electron chi connectivity index (χ2n) is 3.00. The van der Waals surface area contributed by atoms with E-state index in [1.165, 1.54) is 6.92 Å². The molecule has 0 saturated carbocycles. The molecule has 0 aliphatic carbocycles. The second kappa shape index (κ2) is 5.12. The molecule has 0 atom stereocenters. The van der Waals surface area contributed by atoms with E-state index in [-0.39, 0.29) is 18.0 Å². The number of hydrogen-bond donors (Lipinski definition) is 2. The lowest BCUT2D eigenvalue weighted by atomic mass is 10.2. The fourth-order valence-electron chi connectivity index (χ4n) is 0.962. The van der Waals surface area contributed by atoms with Crippen molar-refractivity contribution in [1.29, 1.82) is 0 Å². The summed E-state index contributed by atoms with van der Waals surface area (Å²) in [5.74, 6) is 1.52. The molecule has 0 spiro atoms. The molecule has 0 heterocycles. The van der Waals surface area contributed by atoms with E-state index in [0.29, 0.717) is 0 Å². The Hall–Kier alpha value is -2.09. The van der Waals surface area contributed by atoms with Gasteiger partial charge in [-0.1, -0.05) is 11.8 Å². The number of halogens is 2. The van der Waals surface area contributed by atoms with Crippen molar-refractivity contribution in [2.45, 2.75) is 6.92 Å². The Morgan fingerprint density at radius 2 is 2.19 bits per heavy atom. The maximum absolute atomic E-state index is 12.8. The zero-order valence-corrected chi connectivity index (χ0v) is 8.47. The number of amides is 1. The average Bonchev–Trinajstić information content (AvgIpc) is 2.20. The fourth-order valence-corrected chi connectivity index (χ4v) is 0.962. The molecule has 1 rings (SSSR count). The highest BCUT2D eigenvalue weighted by molar-refractivity contribution is 5.73. The van der Waals surface area contributed by atoms with Gasteiger partial charge in [0.05, 0.1) is 6.54 Å². The largest absolute Gasteiger partial charge is 0.505 e. The van der Waals surface area contributed by atoms with Crippen molar-refractivity contribution in [2.24, 2.45) is 0 Å². The zero-order valence-electron chi connectivity index (χ0n) is 8.47. The van der Waals surface area contributed by atoms with Gasteiger partial charge in [-0.2, -0.15) is 4.39 Å². The predicted octanol–water partition coefficient (Wildman–Crippen LogP) is 1.16. The van der Waals surface area contributed by atoms with E-state index in [9.17, 15) is 13.6 Å². The van der Waals surface area contributed by atoms with Crippen molar-refractivity contribution < 1.29 is 18.7 Å². The third-order valence-corrected chi connectivity index (χ3v) is 1.67. The number of rotatable bonds is 1. The van der Waals surface area contributed by atoms with Crippen LogP contribution in [0.5, 0.6) is 5.75 Å². The normalized spacial score (nSPS) is 9.19. The van der Waals surface area contributed by atoms with Gasteiger partial charge in [-0.15, -0.1) is 0 Å². The number of carbonyl (C=O) groups excluding carboxylic acids is 1. The summed E-state index contributed by atoms with van der Waals surface area (Å²) in [4.78, 5) is 10.5. The molecule has 1 aromatic rings. The van der Waals surface area contributed by atoms with Crippen LogP contribution < -0.4 is 5.32 Å². The topological polar surface area (TPSA) is 49.3 Å². The third-order valence-electron chi connectivity index (χ3n) is 1.67. The lowest BCUT2D eigenvalue weighted by Gasteiger charge is -1.97. The Morgan fingerprint density at radius 1 is 1.50 bits per heavy atom. The standard InChI is InChI=1S/C11H9F2NO2/c1-7(15)14-4-2-3-8-5-9(12)11(13)10(16)6-8/h5-6,16H,4H2,1H3,(H,14,15). The lowest BCUT2D eigenvalue weighted by molar-refractivity contribution is -0.118. The van der Waals surface area contributed by atoms with Crippen LogP contribution in [-0.4, -0.2) is 17.6 Å². The number of aromatic hydroxyl groups is 1. The molecule has 16 heavy (non-hydrogen) atoms. The number of phenols is 1. The van der Waals surface area contributed by atoms with Gasteiger partial charge in [-0.25, -0.2) is 4.39 Å². The van der Waals surface area contributed by atoms with Crippen molar-refractivity contribution in [3.63, 3.8) is 0 Å². The Bertz CT molecular complexity index is 452. The molecule has 0 unspecified atom stereocenters. The molecule has 3 nitrogen and oxygen atoms in total. The summed E-state index contributed by atoms with van der Waals surface area (Å²) in [5, 5.41) is 11.4. The molecule has 0 aliphatic rings. The van der Waals surface area contributed by atoms with Gasteiger partial charge in [-0.05, 0) is 12.1 Å². The Balaban J connectivity index is 2.78. The van der Waals surface area contributed by atoms with E-state index >= 15 is 0 Å². The zero-order chi connectivity index (χ0) is 12.1. The van der Waals surface area contributed by atoms with Crippen LogP contribution in [0.3, 0.4) is 0 Å². The van der Waals surface area contributed by atoms with Crippen molar-refractivity contribution in [3.05, 3.63) is 29.3 Å². The third kappa shape index (κ3) is 3.24.